The minimum atomic E-state index is -1.73. The highest BCUT2D eigenvalue weighted by atomic mass is 16.5. The second-order valence-electron chi connectivity index (χ2n) is 11.0. The molecule has 7 atom stereocenters. The van der Waals surface area contributed by atoms with Gasteiger partial charge in [-0.1, -0.05) is 19.4 Å². The van der Waals surface area contributed by atoms with Crippen molar-refractivity contribution < 1.29 is 34.1 Å². The van der Waals surface area contributed by atoms with E-state index in [-0.39, 0.29) is 36.4 Å². The standard InChI is InChI=1S/C25H35NO7/c1-14(27)26-25-19(6-5-16-11-17(29)7-9-22(16,25)3)18-8-10-24(32,21(31)13-33-15(2)28)23(18,4)12-20(25)30/h11,18-20,30,32H,5-10,12-13H2,1-4H3,(H,26,27)/t18-,19-,20-,22-,23-,24+,25+/m1/s1. The van der Waals surface area contributed by atoms with Crippen molar-refractivity contribution in [2.45, 2.75) is 89.9 Å². The van der Waals surface area contributed by atoms with Crippen LogP contribution in [0.3, 0.4) is 0 Å². The van der Waals surface area contributed by atoms with Gasteiger partial charge in [0.15, 0.2) is 12.4 Å². The predicted molar refractivity (Wildman–Crippen MR) is 118 cm³/mol. The number of carbonyl (C=O) groups is 4. The van der Waals surface area contributed by atoms with E-state index in [4.69, 9.17) is 4.74 Å². The van der Waals surface area contributed by atoms with E-state index < -0.39 is 46.4 Å². The Kier molecular flexibility index (Phi) is 5.64. The molecule has 0 aromatic carbocycles. The van der Waals surface area contributed by atoms with E-state index in [2.05, 4.69) is 5.32 Å². The Morgan fingerprint density at radius 2 is 1.82 bits per heavy atom. The maximum absolute atomic E-state index is 13.1. The van der Waals surface area contributed by atoms with Crippen LogP contribution < -0.4 is 5.32 Å². The zero-order valence-electron chi connectivity index (χ0n) is 19.9. The van der Waals surface area contributed by atoms with Crippen molar-refractivity contribution in [2.24, 2.45) is 22.7 Å². The van der Waals surface area contributed by atoms with Gasteiger partial charge in [0, 0.05) is 31.1 Å². The lowest BCUT2D eigenvalue weighted by molar-refractivity contribution is -0.198. The molecule has 4 aliphatic rings. The molecule has 3 fully saturated rings. The molecule has 3 N–H and O–H groups in total. The van der Waals surface area contributed by atoms with Crippen LogP contribution >= 0.6 is 0 Å². The molecule has 3 saturated carbocycles. The summed E-state index contributed by atoms with van der Waals surface area (Å²) >= 11 is 0. The highest BCUT2D eigenvalue weighted by molar-refractivity contribution is 5.92. The van der Waals surface area contributed by atoms with Gasteiger partial charge < -0.3 is 20.3 Å². The molecule has 0 saturated heterocycles. The lowest BCUT2D eigenvalue weighted by Crippen LogP contribution is -2.77. The van der Waals surface area contributed by atoms with E-state index in [1.807, 2.05) is 13.8 Å². The van der Waals surface area contributed by atoms with Crippen molar-refractivity contribution >= 4 is 23.4 Å². The molecule has 4 rings (SSSR count). The van der Waals surface area contributed by atoms with Gasteiger partial charge in [0.05, 0.1) is 11.6 Å². The fourth-order valence-corrected chi connectivity index (χ4v) is 8.01. The van der Waals surface area contributed by atoms with Gasteiger partial charge in [0.2, 0.25) is 11.7 Å². The Balaban J connectivity index is 1.79. The van der Waals surface area contributed by atoms with Gasteiger partial charge in [0.1, 0.15) is 5.60 Å². The number of fused-ring (bicyclic) bond motifs is 5. The monoisotopic (exact) mass is 461 g/mol. The highest BCUT2D eigenvalue weighted by Gasteiger charge is 2.73. The van der Waals surface area contributed by atoms with Crippen LogP contribution in [0.4, 0.5) is 0 Å². The molecule has 4 aliphatic carbocycles. The molecule has 0 aromatic heterocycles. The van der Waals surface area contributed by atoms with E-state index in [1.54, 1.807) is 6.08 Å². The Bertz CT molecular complexity index is 943. The van der Waals surface area contributed by atoms with E-state index in [0.29, 0.717) is 32.1 Å². The molecule has 0 aliphatic heterocycles. The summed E-state index contributed by atoms with van der Waals surface area (Å²) in [6.45, 7) is 6.03. The van der Waals surface area contributed by atoms with E-state index in [0.717, 1.165) is 5.57 Å². The van der Waals surface area contributed by atoms with E-state index in [9.17, 15) is 29.4 Å². The first-order valence-electron chi connectivity index (χ1n) is 11.9. The molecule has 0 bridgehead atoms. The van der Waals surface area contributed by atoms with Crippen molar-refractivity contribution in [3.05, 3.63) is 11.6 Å². The van der Waals surface area contributed by atoms with Gasteiger partial charge in [-0.05, 0) is 56.4 Å². The molecule has 0 radical (unpaired) electrons. The molecule has 8 nitrogen and oxygen atoms in total. The third-order valence-corrected chi connectivity index (χ3v) is 9.60. The number of Topliss-reactive ketones (excluding diaryl/α,β-unsaturated/α-hetero) is 1. The topological polar surface area (TPSA) is 130 Å². The molecule has 1 amide bonds. The molecule has 182 valence electrons. The summed E-state index contributed by atoms with van der Waals surface area (Å²) in [4.78, 5) is 49.0. The highest BCUT2D eigenvalue weighted by Crippen LogP contribution is 2.69. The van der Waals surface area contributed by atoms with Crippen LogP contribution in [0.2, 0.25) is 0 Å². The number of hydrogen-bond acceptors (Lipinski definition) is 7. The average molecular weight is 462 g/mol. The second kappa shape index (κ2) is 7.73. The Hall–Kier alpha value is -2.06. The van der Waals surface area contributed by atoms with Crippen LogP contribution in [0.5, 0.6) is 0 Å². The fourth-order valence-electron chi connectivity index (χ4n) is 8.01. The smallest absolute Gasteiger partial charge is 0.303 e. The van der Waals surface area contributed by atoms with Crippen LogP contribution in [0.15, 0.2) is 11.6 Å². The van der Waals surface area contributed by atoms with E-state index in [1.165, 1.54) is 13.8 Å². The normalized spacial score (nSPS) is 44.1. The minimum Gasteiger partial charge on any atom is -0.458 e. The van der Waals surface area contributed by atoms with Crippen LogP contribution in [-0.2, 0) is 23.9 Å². The summed E-state index contributed by atoms with van der Waals surface area (Å²) in [5.41, 5.74) is -3.28. The third-order valence-electron chi connectivity index (χ3n) is 9.60. The molecule has 0 heterocycles. The van der Waals surface area contributed by atoms with Gasteiger partial charge >= 0.3 is 5.97 Å². The lowest BCUT2D eigenvalue weighted by atomic mass is 9.41. The number of ether oxygens (including phenoxy) is 1. The first-order valence-corrected chi connectivity index (χ1v) is 11.9. The van der Waals surface area contributed by atoms with Crippen molar-refractivity contribution in [1.82, 2.24) is 5.32 Å². The fraction of sp³-hybridized carbons (Fsp3) is 0.760. The van der Waals surface area contributed by atoms with Gasteiger partial charge in [-0.3, -0.25) is 19.2 Å². The largest absolute Gasteiger partial charge is 0.458 e. The third kappa shape index (κ3) is 3.16. The molecule has 0 aromatic rings. The maximum atomic E-state index is 13.1. The van der Waals surface area contributed by atoms with Crippen molar-refractivity contribution in [2.75, 3.05) is 6.61 Å². The first kappa shape index (κ1) is 24.1. The first-order chi connectivity index (χ1) is 15.3. The summed E-state index contributed by atoms with van der Waals surface area (Å²) in [5.74, 6) is -1.63. The number of esters is 1. The van der Waals surface area contributed by atoms with Crippen molar-refractivity contribution in [1.29, 1.82) is 0 Å². The molecular formula is C25H35NO7. The number of carbonyl (C=O) groups excluding carboxylic acids is 4. The molecular weight excluding hydrogens is 426 g/mol. The number of ketones is 2. The van der Waals surface area contributed by atoms with Crippen molar-refractivity contribution in [3.63, 3.8) is 0 Å². The number of nitrogens with one attached hydrogen (secondary N) is 1. The summed E-state index contributed by atoms with van der Waals surface area (Å²) < 4.78 is 4.90. The van der Waals surface area contributed by atoms with Crippen molar-refractivity contribution in [3.8, 4) is 0 Å². The van der Waals surface area contributed by atoms with E-state index >= 15 is 0 Å². The van der Waals surface area contributed by atoms with Gasteiger partial charge in [-0.15, -0.1) is 0 Å². The Morgan fingerprint density at radius 3 is 2.45 bits per heavy atom. The summed E-state index contributed by atoms with van der Waals surface area (Å²) in [6.07, 6.45) is 3.76. The van der Waals surface area contributed by atoms with Crippen LogP contribution in [0.25, 0.3) is 0 Å². The van der Waals surface area contributed by atoms with Gasteiger partial charge in [-0.2, -0.15) is 0 Å². The lowest BCUT2D eigenvalue weighted by Gasteiger charge is -2.67. The van der Waals surface area contributed by atoms with Crippen LogP contribution in [0, 0.1) is 22.7 Å². The number of aliphatic hydroxyl groups excluding tert-OH is 1. The molecule has 8 heteroatoms. The van der Waals surface area contributed by atoms with Gasteiger partial charge in [-0.25, -0.2) is 0 Å². The summed E-state index contributed by atoms with van der Waals surface area (Å²) in [7, 11) is 0. The number of aliphatic hydroxyl groups is 2. The summed E-state index contributed by atoms with van der Waals surface area (Å²) in [5, 5.41) is 26.6. The summed E-state index contributed by atoms with van der Waals surface area (Å²) in [6, 6.07) is 0. The van der Waals surface area contributed by atoms with Crippen LogP contribution in [-0.4, -0.2) is 57.5 Å². The molecule has 0 unspecified atom stereocenters. The zero-order chi connectivity index (χ0) is 24.4. The second-order valence-corrected chi connectivity index (χ2v) is 11.0. The number of amides is 1. The quantitative estimate of drug-likeness (QED) is 0.542. The maximum Gasteiger partial charge on any atom is 0.303 e. The Labute approximate surface area is 194 Å². The zero-order valence-corrected chi connectivity index (χ0v) is 19.9. The number of hydrogen-bond donors (Lipinski definition) is 3. The molecule has 0 spiro atoms. The SMILES string of the molecule is CC(=O)N[C@]12[C@H](O)C[C@]3(C)[C@H](CC[C@]3(O)C(=O)COC(C)=O)[C@H]1CCC1=CC(=O)CC[C@]12C. The van der Waals surface area contributed by atoms with Crippen LogP contribution in [0.1, 0.15) is 72.6 Å². The van der Waals surface area contributed by atoms with Gasteiger partial charge in [0.25, 0.3) is 0 Å². The average Bonchev–Trinajstić information content (AvgIpc) is 2.99. The minimum absolute atomic E-state index is 0.0698. The predicted octanol–water partition coefficient (Wildman–Crippen LogP) is 1.61. The molecule has 33 heavy (non-hydrogen) atoms. The number of rotatable bonds is 4. The Morgan fingerprint density at radius 1 is 1.12 bits per heavy atom.